The van der Waals surface area contributed by atoms with Crippen LogP contribution in [0.5, 0.6) is 0 Å². The molecule has 0 bridgehead atoms. The summed E-state index contributed by atoms with van der Waals surface area (Å²) in [7, 11) is 0. The SMILES string of the molecule is CCc1cccc(C)c1NC(=O)C(Sc1ccc(NC(=O)/C(=C/c2ccccc2C)NC(=O)c2ccccc2)cc1)c1ccccc1. The van der Waals surface area contributed by atoms with Crippen LogP contribution in [0.25, 0.3) is 6.08 Å². The summed E-state index contributed by atoms with van der Waals surface area (Å²) >= 11 is 1.44. The molecule has 0 fully saturated rings. The van der Waals surface area contributed by atoms with Gasteiger partial charge in [0.15, 0.2) is 0 Å². The molecule has 3 N–H and O–H groups in total. The zero-order valence-electron chi connectivity index (χ0n) is 26.6. The molecule has 236 valence electrons. The summed E-state index contributed by atoms with van der Waals surface area (Å²) in [4.78, 5) is 41.2. The topological polar surface area (TPSA) is 87.3 Å². The number of benzene rings is 5. The number of anilines is 2. The fourth-order valence-corrected chi connectivity index (χ4v) is 6.11. The maximum absolute atomic E-state index is 13.8. The van der Waals surface area contributed by atoms with E-state index in [0.717, 1.165) is 44.8 Å². The molecule has 1 unspecified atom stereocenters. The van der Waals surface area contributed by atoms with Crippen LogP contribution >= 0.6 is 11.8 Å². The predicted octanol–water partition coefficient (Wildman–Crippen LogP) is 8.75. The Morgan fingerprint density at radius 1 is 0.702 bits per heavy atom. The van der Waals surface area contributed by atoms with Crippen LogP contribution in [0.1, 0.15) is 50.3 Å². The highest BCUT2D eigenvalue weighted by Gasteiger charge is 2.24. The molecule has 0 aromatic heterocycles. The number of hydrogen-bond acceptors (Lipinski definition) is 4. The standard InChI is InChI=1S/C40H37N3O3S/c1-4-29-21-13-15-28(3)36(29)43-40(46)37(30-16-7-5-8-17-30)47-34-24-22-33(23-25-34)41-39(45)35(26-32-20-12-11-14-27(32)2)42-38(44)31-18-9-6-10-19-31/h5-26,37H,4H2,1-3H3,(H,41,45)(H,42,44)(H,43,46)/b35-26-. The lowest BCUT2D eigenvalue weighted by molar-refractivity contribution is -0.116. The van der Waals surface area contributed by atoms with E-state index in [0.29, 0.717) is 11.3 Å². The van der Waals surface area contributed by atoms with Crippen LogP contribution in [-0.4, -0.2) is 17.7 Å². The number of para-hydroxylation sites is 1. The molecule has 5 aromatic rings. The molecule has 0 spiro atoms. The van der Waals surface area contributed by atoms with E-state index >= 15 is 0 Å². The second kappa shape index (κ2) is 15.7. The quantitative estimate of drug-likeness (QED) is 0.0996. The van der Waals surface area contributed by atoms with Crippen molar-refractivity contribution in [3.8, 4) is 0 Å². The summed E-state index contributed by atoms with van der Waals surface area (Å²) in [6.07, 6.45) is 2.49. The van der Waals surface area contributed by atoms with Crippen LogP contribution in [0.15, 0.2) is 138 Å². The average molecular weight is 640 g/mol. The maximum atomic E-state index is 13.8. The van der Waals surface area contributed by atoms with Crippen LogP contribution in [0.2, 0.25) is 0 Å². The summed E-state index contributed by atoms with van der Waals surface area (Å²) in [5, 5.41) is 8.40. The fraction of sp³-hybridized carbons (Fsp3) is 0.125. The van der Waals surface area contributed by atoms with Gasteiger partial charge in [-0.1, -0.05) is 97.9 Å². The van der Waals surface area contributed by atoms with E-state index in [4.69, 9.17) is 0 Å². The Bertz CT molecular complexity index is 1890. The first-order valence-corrected chi connectivity index (χ1v) is 16.4. The first kappa shape index (κ1) is 33.0. The second-order valence-electron chi connectivity index (χ2n) is 11.1. The van der Waals surface area contributed by atoms with Crippen LogP contribution in [0, 0.1) is 13.8 Å². The van der Waals surface area contributed by atoms with Gasteiger partial charge in [0, 0.05) is 21.8 Å². The van der Waals surface area contributed by atoms with Crippen molar-refractivity contribution in [1.82, 2.24) is 5.32 Å². The zero-order chi connectivity index (χ0) is 33.2. The minimum Gasteiger partial charge on any atom is -0.324 e. The van der Waals surface area contributed by atoms with Crippen molar-refractivity contribution in [1.29, 1.82) is 0 Å². The zero-order valence-corrected chi connectivity index (χ0v) is 27.4. The van der Waals surface area contributed by atoms with E-state index in [1.54, 1.807) is 42.5 Å². The van der Waals surface area contributed by atoms with E-state index in [1.165, 1.54) is 11.8 Å². The number of carbonyl (C=O) groups excluding carboxylic acids is 3. The molecule has 0 heterocycles. The van der Waals surface area contributed by atoms with Crippen LogP contribution < -0.4 is 16.0 Å². The van der Waals surface area contributed by atoms with Gasteiger partial charge in [-0.15, -0.1) is 11.8 Å². The Kier molecular flexibility index (Phi) is 11.0. The normalized spacial score (nSPS) is 11.8. The number of rotatable bonds is 11. The minimum atomic E-state index is -0.502. The van der Waals surface area contributed by atoms with Crippen LogP contribution in [0.3, 0.4) is 0 Å². The van der Waals surface area contributed by atoms with Crippen molar-refractivity contribution < 1.29 is 14.4 Å². The van der Waals surface area contributed by atoms with Crippen molar-refractivity contribution in [2.24, 2.45) is 0 Å². The molecule has 0 saturated heterocycles. The highest BCUT2D eigenvalue weighted by molar-refractivity contribution is 8.00. The number of amides is 3. The molecule has 1 atom stereocenters. The lowest BCUT2D eigenvalue weighted by atomic mass is 10.1. The van der Waals surface area contributed by atoms with Crippen molar-refractivity contribution in [2.75, 3.05) is 10.6 Å². The van der Waals surface area contributed by atoms with Gasteiger partial charge < -0.3 is 16.0 Å². The highest BCUT2D eigenvalue weighted by atomic mass is 32.2. The Morgan fingerprint density at radius 3 is 2.02 bits per heavy atom. The number of nitrogens with one attached hydrogen (secondary N) is 3. The van der Waals surface area contributed by atoms with Gasteiger partial charge in [-0.25, -0.2) is 0 Å². The Labute approximate surface area is 280 Å². The molecule has 0 radical (unpaired) electrons. The van der Waals surface area contributed by atoms with Gasteiger partial charge in [-0.2, -0.15) is 0 Å². The Morgan fingerprint density at radius 2 is 1.34 bits per heavy atom. The van der Waals surface area contributed by atoms with Gasteiger partial charge in [-0.3, -0.25) is 14.4 Å². The first-order chi connectivity index (χ1) is 22.8. The molecule has 0 aliphatic rings. The monoisotopic (exact) mass is 639 g/mol. The van der Waals surface area contributed by atoms with Crippen molar-refractivity contribution >= 4 is 46.9 Å². The van der Waals surface area contributed by atoms with Crippen molar-refractivity contribution in [3.05, 3.63) is 166 Å². The molecule has 5 rings (SSSR count). The molecule has 7 heteroatoms. The lowest BCUT2D eigenvalue weighted by Crippen LogP contribution is -2.30. The fourth-order valence-electron chi connectivity index (χ4n) is 5.09. The van der Waals surface area contributed by atoms with E-state index in [-0.39, 0.29) is 17.5 Å². The predicted molar refractivity (Wildman–Crippen MR) is 192 cm³/mol. The van der Waals surface area contributed by atoms with Crippen molar-refractivity contribution in [2.45, 2.75) is 37.3 Å². The lowest BCUT2D eigenvalue weighted by Gasteiger charge is -2.20. The number of thioether (sulfide) groups is 1. The van der Waals surface area contributed by atoms with Gasteiger partial charge >= 0.3 is 0 Å². The Balaban J connectivity index is 1.35. The summed E-state index contributed by atoms with van der Waals surface area (Å²) < 4.78 is 0. The van der Waals surface area contributed by atoms with E-state index in [2.05, 4.69) is 22.9 Å². The summed E-state index contributed by atoms with van der Waals surface area (Å²) in [6, 6.07) is 39.5. The Hall–Kier alpha value is -5.40. The third kappa shape index (κ3) is 8.66. The van der Waals surface area contributed by atoms with Gasteiger partial charge in [0.1, 0.15) is 10.9 Å². The molecule has 0 aliphatic heterocycles. The first-order valence-electron chi connectivity index (χ1n) is 15.5. The molecule has 0 saturated carbocycles. The number of carbonyl (C=O) groups is 3. The molecular formula is C40H37N3O3S. The molecule has 5 aromatic carbocycles. The van der Waals surface area contributed by atoms with Gasteiger partial charge in [0.05, 0.1) is 0 Å². The summed E-state index contributed by atoms with van der Waals surface area (Å²) in [5.74, 6) is -0.943. The maximum Gasteiger partial charge on any atom is 0.272 e. The molecule has 3 amide bonds. The van der Waals surface area contributed by atoms with Crippen LogP contribution in [-0.2, 0) is 16.0 Å². The van der Waals surface area contributed by atoms with Gasteiger partial charge in [0.25, 0.3) is 11.8 Å². The van der Waals surface area contributed by atoms with E-state index in [9.17, 15) is 14.4 Å². The van der Waals surface area contributed by atoms with Gasteiger partial charge in [-0.05, 0) is 90.6 Å². The van der Waals surface area contributed by atoms with Crippen molar-refractivity contribution in [3.63, 3.8) is 0 Å². The highest BCUT2D eigenvalue weighted by Crippen LogP contribution is 2.37. The average Bonchev–Trinajstić information content (AvgIpc) is 3.10. The third-order valence-corrected chi connectivity index (χ3v) is 8.98. The van der Waals surface area contributed by atoms with E-state index < -0.39 is 11.2 Å². The number of aryl methyl sites for hydroxylation is 3. The van der Waals surface area contributed by atoms with Gasteiger partial charge in [0.2, 0.25) is 5.91 Å². The largest absolute Gasteiger partial charge is 0.324 e. The number of hydrogen-bond donors (Lipinski definition) is 3. The van der Waals surface area contributed by atoms with Crippen LogP contribution in [0.4, 0.5) is 11.4 Å². The second-order valence-corrected chi connectivity index (χ2v) is 12.3. The molecule has 0 aliphatic carbocycles. The third-order valence-electron chi connectivity index (χ3n) is 7.71. The smallest absolute Gasteiger partial charge is 0.272 e. The summed E-state index contributed by atoms with van der Waals surface area (Å²) in [6.45, 7) is 6.03. The van der Waals surface area contributed by atoms with E-state index in [1.807, 2.05) is 105 Å². The molecule has 47 heavy (non-hydrogen) atoms. The summed E-state index contributed by atoms with van der Waals surface area (Å²) in [5.41, 5.74) is 6.76. The molecule has 6 nitrogen and oxygen atoms in total. The molecular weight excluding hydrogens is 603 g/mol. The minimum absolute atomic E-state index is 0.109.